The van der Waals surface area contributed by atoms with E-state index in [1.54, 1.807) is 0 Å². The maximum Gasteiger partial charge on any atom is 1.00 e. The van der Waals surface area contributed by atoms with Gasteiger partial charge in [0.05, 0.1) is 29.1 Å². The second-order valence-corrected chi connectivity index (χ2v) is 20.1. The number of amides is 1. The summed E-state index contributed by atoms with van der Waals surface area (Å²) in [6, 6.07) is 20.3. The summed E-state index contributed by atoms with van der Waals surface area (Å²) in [6.07, 6.45) is 0. The van der Waals surface area contributed by atoms with Crippen molar-refractivity contribution in [2.45, 2.75) is 9.79 Å². The zero-order valence-electron chi connectivity index (χ0n) is 38.7. The Kier molecular flexibility index (Phi) is 36.8. The van der Waals surface area contributed by atoms with Gasteiger partial charge in [-0.15, -0.1) is 17.7 Å². The molecule has 0 aromatic heterocycles. The Morgan fingerprint density at radius 3 is 1.68 bits per heavy atom. The van der Waals surface area contributed by atoms with E-state index in [2.05, 4.69) is 51.0 Å². The number of carbonyl (C=O) groups is 1. The Morgan fingerprint density at radius 1 is 0.716 bits per heavy atom. The zero-order valence-corrected chi connectivity index (χ0v) is 52.6. The average molecular weight is 1240 g/mol. The van der Waals surface area contributed by atoms with Crippen molar-refractivity contribution in [3.05, 3.63) is 104 Å². The van der Waals surface area contributed by atoms with E-state index in [-0.39, 0.29) is 201 Å². The number of benzene rings is 5. The second kappa shape index (κ2) is 34.7. The molecule has 74 heavy (non-hydrogen) atoms. The largest absolute Gasteiger partial charge is 1.00 e. The smallest absolute Gasteiger partial charge is 0.747 e. The van der Waals surface area contributed by atoms with Gasteiger partial charge in [0.1, 0.15) is 38.1 Å². The topological polar surface area (TPSA) is 472 Å². The van der Waals surface area contributed by atoms with Gasteiger partial charge in [-0.25, -0.2) is 42.1 Å². The Balaban J connectivity index is -0.00000114. The molecule has 1 radical (unpaired) electrons. The van der Waals surface area contributed by atoms with Gasteiger partial charge < -0.3 is 53.1 Å². The summed E-state index contributed by atoms with van der Waals surface area (Å²) in [5, 5.41) is 43.3. The number of phenols is 2. The van der Waals surface area contributed by atoms with Crippen molar-refractivity contribution in [2.24, 2.45) is 20.5 Å². The number of hydrogen-bond acceptors (Lipinski definition) is 25. The molecule has 0 saturated heterocycles. The number of ether oxygens (including phenoxy) is 1. The number of hydrogen-bond donors (Lipinski definition) is 6. The Labute approximate surface area is 524 Å². The average Bonchev–Trinajstić information content (AvgIpc) is 3.23. The Bertz CT molecular complexity index is 3410. The third-order valence-electron chi connectivity index (χ3n) is 7.75. The minimum absolute atomic E-state index is 0. The molecule has 28 nitrogen and oxygen atoms in total. The number of sulfone groups is 2. The van der Waals surface area contributed by atoms with Gasteiger partial charge in [-0.05, 0) is 54.6 Å². The number of fused-ring (bicyclic) bond motifs is 1. The molecule has 0 bridgehead atoms. The molecular weight excluding hydrogens is 1200 g/mol. The van der Waals surface area contributed by atoms with Crippen LogP contribution < -0.4 is 134 Å². The molecule has 0 saturated carbocycles. The fourth-order valence-electron chi connectivity index (χ4n) is 4.88. The molecule has 0 fully saturated rings. The van der Waals surface area contributed by atoms with Crippen molar-refractivity contribution in [2.75, 3.05) is 35.1 Å². The molecule has 1 amide bonds. The van der Waals surface area contributed by atoms with E-state index in [9.17, 15) is 44.8 Å². The van der Waals surface area contributed by atoms with Gasteiger partial charge in [0.2, 0.25) is 20.8 Å². The summed E-state index contributed by atoms with van der Waals surface area (Å²) in [4.78, 5) is 12.6. The van der Waals surface area contributed by atoms with Crippen LogP contribution in [-0.4, -0.2) is 118 Å². The third kappa shape index (κ3) is 28.5. The minimum atomic E-state index is -4.92. The van der Waals surface area contributed by atoms with Gasteiger partial charge in [-0.3, -0.25) is 13.9 Å². The van der Waals surface area contributed by atoms with Gasteiger partial charge in [-0.1, -0.05) is 28.3 Å². The van der Waals surface area contributed by atoms with Crippen molar-refractivity contribution in [3.8, 4) is 17.2 Å². The van der Waals surface area contributed by atoms with E-state index >= 15 is 0 Å². The monoisotopic (exact) mass is 1230 g/mol. The molecule has 0 aliphatic rings. The van der Waals surface area contributed by atoms with Crippen LogP contribution in [0.25, 0.3) is 10.8 Å². The van der Waals surface area contributed by atoms with Crippen LogP contribution in [0.2, 0.25) is 0 Å². The fraction of sp³-hybridized carbons (Fsp3) is 0.114. The van der Waals surface area contributed by atoms with Crippen LogP contribution in [0.1, 0.15) is 10.4 Å². The standard InChI is InChI=1S/C35H31N6O11S3.Cu.4Na.2H2O4S.O3S/c1-4-53(45,46)24-12-10-22(11-13-24)37-35(44)21-6-8-23(9-7-21)38-41-33-25-14-17-28(34(43)26(25)15-16-27(33)36-20-55(49,50)51)39-40-29-18-31(52-3)32(19-30(29)42)54(47,48)5-2;;;;;;2*1-5(2,3)4;1-4(2)3/h6-16,18-19,36,42-43H,1-2,4-5,20H2,3H3,(H,37,44)(H,49,50,51);;;;;;2*(H2,1,2,3,4);/q-3;;4*+1;;;/p-3. The first kappa shape index (κ1) is 78.4. The van der Waals surface area contributed by atoms with Gasteiger partial charge in [0.15, 0.2) is 19.7 Å². The molecule has 0 aliphatic heterocycles. The number of phenolic OH excluding ortho intramolecular Hbond substituents is 2. The number of carbonyl (C=O) groups excluding carboxylic acids is 1. The van der Waals surface area contributed by atoms with Crippen molar-refractivity contribution >= 4 is 112 Å². The second-order valence-electron chi connectivity index (χ2n) is 12.4. The van der Waals surface area contributed by atoms with Crippen LogP contribution >= 0.6 is 0 Å². The van der Waals surface area contributed by atoms with E-state index in [0.29, 0.717) is 5.69 Å². The quantitative estimate of drug-likeness (QED) is 0.0198. The summed E-state index contributed by atoms with van der Waals surface area (Å²) >= 11 is 0. The third-order valence-corrected chi connectivity index (χ3v) is 11.3. The zero-order chi connectivity index (χ0) is 52.7. The van der Waals surface area contributed by atoms with Crippen molar-refractivity contribution in [1.82, 2.24) is 0 Å². The molecule has 0 atom stereocenters. The van der Waals surface area contributed by atoms with Crippen LogP contribution in [0.15, 0.2) is 109 Å². The van der Waals surface area contributed by atoms with Gasteiger partial charge in [0, 0.05) is 51.9 Å². The number of nitrogens with zero attached hydrogens (tertiary/aromatic N) is 4. The molecule has 0 heterocycles. The van der Waals surface area contributed by atoms with Crippen molar-refractivity contribution in [3.63, 3.8) is 0 Å². The van der Waals surface area contributed by atoms with Crippen molar-refractivity contribution in [1.29, 1.82) is 0 Å². The number of azo groups is 2. The molecular formula is C35H32CuN6Na4O22S6-2. The van der Waals surface area contributed by atoms with Crippen LogP contribution in [0, 0.1) is 19.9 Å². The number of nitrogens with one attached hydrogen (secondary N) is 2. The maximum absolute atomic E-state index is 12.8. The molecule has 39 heteroatoms. The summed E-state index contributed by atoms with van der Waals surface area (Å²) in [5.74, 6) is -3.43. The predicted octanol–water partition coefficient (Wildman–Crippen LogP) is -8.71. The number of aromatic hydroxyl groups is 2. The molecule has 387 valence electrons. The van der Waals surface area contributed by atoms with Crippen LogP contribution in [0.3, 0.4) is 0 Å². The van der Waals surface area contributed by atoms with Gasteiger partial charge in [0.25, 0.3) is 5.91 Å². The summed E-state index contributed by atoms with van der Waals surface area (Å²) in [6.45, 7) is 6.78. The van der Waals surface area contributed by atoms with E-state index in [0.717, 1.165) is 12.1 Å². The van der Waals surface area contributed by atoms with Gasteiger partial charge >= 0.3 is 129 Å². The molecule has 0 aliphatic carbocycles. The minimum Gasteiger partial charge on any atom is -0.747 e. The van der Waals surface area contributed by atoms with E-state index in [1.807, 2.05) is 0 Å². The summed E-state index contributed by atoms with van der Waals surface area (Å²) in [5.41, 5.74) is 0.479. The molecule has 5 aromatic carbocycles. The Morgan fingerprint density at radius 2 is 1.22 bits per heavy atom. The Hall–Kier alpha value is -2.08. The number of rotatable bonds is 14. The molecule has 0 unspecified atom stereocenters. The van der Waals surface area contributed by atoms with Crippen LogP contribution in [-0.2, 0) is 78.3 Å². The molecule has 5 aromatic rings. The summed E-state index contributed by atoms with van der Waals surface area (Å²) < 4.78 is 179. The fourth-order valence-corrected chi connectivity index (χ4v) is 6.96. The van der Waals surface area contributed by atoms with E-state index in [1.165, 1.54) is 73.8 Å². The number of methoxy groups -OCH3 is 1. The SMILES string of the molecule is O=S(=O)([O-])O.O=S(=O)([O-])O.O=S(=O)=O.[CH2-]CS(=O)(=O)c1ccc(NC(=O)c2ccc(N=Nc3c(NCS(=O)(=O)[O-])ccc4c(O)c(N=Nc5cc(OC)c(S(=O)(=O)C[CH2-])cc5O)[c-]cc34)cc2)cc1.[Cu].[Na+].[Na+].[Na+].[Na+]. The molecule has 6 N–H and O–H groups in total. The number of anilines is 2. The first-order valence-corrected chi connectivity index (χ1v) is 26.1. The molecule has 5 rings (SSSR count). The first-order valence-electron chi connectivity index (χ1n) is 17.5. The predicted molar refractivity (Wildman–Crippen MR) is 236 cm³/mol. The maximum atomic E-state index is 12.8. The van der Waals surface area contributed by atoms with Crippen molar-refractivity contribution < 1.29 is 233 Å². The van der Waals surface area contributed by atoms with E-state index < -0.39 is 90.2 Å². The van der Waals surface area contributed by atoms with Gasteiger partial charge in [-0.2, -0.15) is 27.5 Å². The first-order chi connectivity index (χ1) is 31.7. The van der Waals surface area contributed by atoms with E-state index in [4.69, 9.17) is 52.4 Å². The molecule has 0 spiro atoms. The summed E-state index contributed by atoms with van der Waals surface area (Å²) in [7, 11) is -23.8. The van der Waals surface area contributed by atoms with Crippen LogP contribution in [0.5, 0.6) is 17.2 Å². The van der Waals surface area contributed by atoms with Crippen LogP contribution in [0.4, 0.5) is 34.1 Å². The normalized spacial score (nSPS) is 11.1.